The molecular weight excluding hydrogens is 440 g/mol. The Morgan fingerprint density at radius 3 is 2.41 bits per heavy atom. The van der Waals surface area contributed by atoms with Crippen LogP contribution in [0, 0.1) is 27.7 Å². The third kappa shape index (κ3) is 3.74. The lowest BCUT2D eigenvalue weighted by Gasteiger charge is -2.28. The Balaban J connectivity index is 1.70. The molecular formula is C28H28N4OS. The molecule has 0 saturated carbocycles. The van der Waals surface area contributed by atoms with Crippen molar-refractivity contribution < 1.29 is 5.11 Å². The van der Waals surface area contributed by atoms with Gasteiger partial charge in [0.25, 0.3) is 0 Å². The number of phenolic OH excluding ortho intramolecular Hbond substituents is 1. The number of pyridine rings is 1. The van der Waals surface area contributed by atoms with Gasteiger partial charge in [-0.25, -0.2) is 0 Å². The van der Waals surface area contributed by atoms with Gasteiger partial charge < -0.3 is 19.9 Å². The highest BCUT2D eigenvalue weighted by atomic mass is 32.1. The minimum absolute atomic E-state index is 0.1000. The molecule has 1 aliphatic heterocycles. The smallest absolute Gasteiger partial charge is 0.174 e. The van der Waals surface area contributed by atoms with Gasteiger partial charge in [-0.2, -0.15) is 0 Å². The molecule has 0 spiro atoms. The summed E-state index contributed by atoms with van der Waals surface area (Å²) in [6.45, 7) is 8.61. The summed E-state index contributed by atoms with van der Waals surface area (Å²) in [5.74, 6) is 0.229. The predicted octanol–water partition coefficient (Wildman–Crippen LogP) is 5.99. The fourth-order valence-electron chi connectivity index (χ4n) is 4.98. The van der Waals surface area contributed by atoms with Crippen molar-refractivity contribution in [1.82, 2.24) is 14.9 Å². The first-order chi connectivity index (χ1) is 16.3. The van der Waals surface area contributed by atoms with E-state index < -0.39 is 0 Å². The van der Waals surface area contributed by atoms with Crippen molar-refractivity contribution in [3.63, 3.8) is 0 Å². The standard InChI is InChI=1S/C28H28N4OS/c1-17-8-9-18(2)25(15-17)31-19(3)16-23(20(31)4)27-26(24-7-5-6-14-29-24)30-28(34)32(27)21-10-12-22(33)13-11-21/h5-16,26-27,33H,1-4H3,(H,30,34)/t26-,27+/m0/s1. The van der Waals surface area contributed by atoms with Crippen molar-refractivity contribution in [3.8, 4) is 11.4 Å². The fraction of sp³-hybridized carbons (Fsp3) is 0.214. The summed E-state index contributed by atoms with van der Waals surface area (Å²) < 4.78 is 2.34. The number of nitrogens with one attached hydrogen (secondary N) is 1. The minimum atomic E-state index is -0.116. The number of aromatic nitrogens is 2. The van der Waals surface area contributed by atoms with Crippen LogP contribution in [0.3, 0.4) is 0 Å². The quantitative estimate of drug-likeness (QED) is 0.361. The normalized spacial score (nSPS) is 17.8. The van der Waals surface area contributed by atoms with Gasteiger partial charge in [-0.05, 0) is 105 Å². The molecule has 5 nitrogen and oxygen atoms in total. The van der Waals surface area contributed by atoms with E-state index in [4.69, 9.17) is 12.2 Å². The van der Waals surface area contributed by atoms with Crippen molar-refractivity contribution >= 4 is 23.0 Å². The van der Waals surface area contributed by atoms with Crippen molar-refractivity contribution in [2.75, 3.05) is 4.90 Å². The van der Waals surface area contributed by atoms with E-state index in [0.717, 1.165) is 11.4 Å². The number of hydrogen-bond donors (Lipinski definition) is 2. The van der Waals surface area contributed by atoms with Gasteiger partial charge in [0.05, 0.1) is 17.8 Å². The first-order valence-electron chi connectivity index (χ1n) is 11.4. The van der Waals surface area contributed by atoms with Crippen LogP contribution < -0.4 is 10.2 Å². The summed E-state index contributed by atoms with van der Waals surface area (Å²) >= 11 is 5.84. The van der Waals surface area contributed by atoms with Crippen LogP contribution in [0.15, 0.2) is 72.9 Å². The maximum atomic E-state index is 9.86. The summed E-state index contributed by atoms with van der Waals surface area (Å²) in [4.78, 5) is 6.80. The number of aromatic hydroxyl groups is 1. The Morgan fingerprint density at radius 2 is 1.71 bits per heavy atom. The molecule has 0 bridgehead atoms. The average molecular weight is 469 g/mol. The molecule has 5 rings (SSSR count). The molecule has 2 aromatic carbocycles. The van der Waals surface area contributed by atoms with Crippen LogP contribution in [0.5, 0.6) is 5.75 Å². The number of phenols is 1. The monoisotopic (exact) mass is 468 g/mol. The zero-order valence-electron chi connectivity index (χ0n) is 19.8. The lowest BCUT2D eigenvalue weighted by atomic mass is 9.96. The SMILES string of the molecule is Cc1ccc(C)c(-n2c(C)cc([C@@H]3[C@H](c4ccccn4)NC(=S)N3c3ccc(O)cc3)c2C)c1. The largest absolute Gasteiger partial charge is 0.508 e. The van der Waals surface area contributed by atoms with E-state index in [9.17, 15) is 5.11 Å². The molecule has 2 atom stereocenters. The molecule has 0 amide bonds. The van der Waals surface area contributed by atoms with Gasteiger partial charge in [0.15, 0.2) is 5.11 Å². The Labute approximate surface area is 205 Å². The molecule has 2 aromatic heterocycles. The summed E-state index contributed by atoms with van der Waals surface area (Å²) in [6.07, 6.45) is 1.82. The molecule has 1 saturated heterocycles. The van der Waals surface area contributed by atoms with Crippen LogP contribution in [-0.2, 0) is 0 Å². The van der Waals surface area contributed by atoms with Crippen LogP contribution in [0.2, 0.25) is 0 Å². The van der Waals surface area contributed by atoms with E-state index in [2.05, 4.69) is 71.7 Å². The average Bonchev–Trinajstić information content (AvgIpc) is 3.32. The molecule has 34 heavy (non-hydrogen) atoms. The number of anilines is 1. The second-order valence-corrected chi connectivity index (χ2v) is 9.35. The topological polar surface area (TPSA) is 53.3 Å². The molecule has 0 radical (unpaired) electrons. The van der Waals surface area contributed by atoms with E-state index in [1.54, 1.807) is 12.1 Å². The zero-order chi connectivity index (χ0) is 24.0. The van der Waals surface area contributed by atoms with Crippen LogP contribution >= 0.6 is 12.2 Å². The van der Waals surface area contributed by atoms with Crippen molar-refractivity contribution in [3.05, 3.63) is 107 Å². The highest BCUT2D eigenvalue weighted by molar-refractivity contribution is 7.80. The highest BCUT2D eigenvalue weighted by Gasteiger charge is 2.42. The second kappa shape index (κ2) is 8.61. The van der Waals surface area contributed by atoms with E-state index in [-0.39, 0.29) is 17.8 Å². The number of hydrogen-bond acceptors (Lipinski definition) is 3. The Kier molecular flexibility index (Phi) is 5.62. The molecule has 6 heteroatoms. The maximum absolute atomic E-state index is 9.86. The summed E-state index contributed by atoms with van der Waals surface area (Å²) in [5.41, 5.74) is 9.06. The van der Waals surface area contributed by atoms with Crippen molar-refractivity contribution in [1.29, 1.82) is 0 Å². The van der Waals surface area contributed by atoms with E-state index in [1.807, 2.05) is 36.5 Å². The lowest BCUT2D eigenvalue weighted by Crippen LogP contribution is -2.29. The fourth-order valence-corrected chi connectivity index (χ4v) is 5.33. The number of rotatable bonds is 4. The molecule has 1 aliphatic rings. The Bertz CT molecular complexity index is 1360. The van der Waals surface area contributed by atoms with Crippen LogP contribution in [-0.4, -0.2) is 19.8 Å². The molecule has 0 aliphatic carbocycles. The van der Waals surface area contributed by atoms with Gasteiger partial charge in [0.2, 0.25) is 0 Å². The predicted molar refractivity (Wildman–Crippen MR) is 141 cm³/mol. The van der Waals surface area contributed by atoms with Crippen LogP contribution in [0.1, 0.15) is 45.9 Å². The van der Waals surface area contributed by atoms with Gasteiger partial charge in [-0.3, -0.25) is 4.98 Å². The minimum Gasteiger partial charge on any atom is -0.508 e. The first kappa shape index (κ1) is 22.2. The van der Waals surface area contributed by atoms with Gasteiger partial charge in [0, 0.05) is 29.0 Å². The summed E-state index contributed by atoms with van der Waals surface area (Å²) in [5, 5.41) is 14.0. The summed E-state index contributed by atoms with van der Waals surface area (Å²) in [7, 11) is 0. The van der Waals surface area contributed by atoms with Gasteiger partial charge in [-0.15, -0.1) is 0 Å². The third-order valence-corrected chi connectivity index (χ3v) is 6.93. The van der Waals surface area contributed by atoms with Gasteiger partial charge >= 0.3 is 0 Å². The van der Waals surface area contributed by atoms with Gasteiger partial charge in [0.1, 0.15) is 5.75 Å². The molecule has 2 N–H and O–H groups in total. The van der Waals surface area contributed by atoms with Gasteiger partial charge in [-0.1, -0.05) is 18.2 Å². The molecule has 3 heterocycles. The molecule has 0 unspecified atom stereocenters. The van der Waals surface area contributed by atoms with E-state index in [1.165, 1.54) is 33.8 Å². The number of nitrogens with zero attached hydrogens (tertiary/aromatic N) is 3. The first-order valence-corrected chi connectivity index (χ1v) is 11.8. The molecule has 1 fully saturated rings. The number of benzene rings is 2. The Morgan fingerprint density at radius 1 is 0.941 bits per heavy atom. The zero-order valence-corrected chi connectivity index (χ0v) is 20.6. The lowest BCUT2D eigenvalue weighted by molar-refractivity contribution is 0.475. The Hall–Kier alpha value is -3.64. The highest BCUT2D eigenvalue weighted by Crippen LogP contribution is 2.44. The summed E-state index contributed by atoms with van der Waals surface area (Å²) in [6, 6.07) is 21.8. The second-order valence-electron chi connectivity index (χ2n) is 8.96. The van der Waals surface area contributed by atoms with Crippen molar-refractivity contribution in [2.24, 2.45) is 0 Å². The van der Waals surface area contributed by atoms with E-state index >= 15 is 0 Å². The number of aryl methyl sites for hydroxylation is 3. The number of thiocarbonyl (C=S) groups is 1. The third-order valence-electron chi connectivity index (χ3n) is 6.62. The van der Waals surface area contributed by atoms with Crippen LogP contribution in [0.4, 0.5) is 5.69 Å². The molecule has 4 aromatic rings. The molecule has 172 valence electrons. The van der Waals surface area contributed by atoms with Crippen molar-refractivity contribution in [2.45, 2.75) is 39.8 Å². The maximum Gasteiger partial charge on any atom is 0.174 e. The van der Waals surface area contributed by atoms with Crippen LogP contribution in [0.25, 0.3) is 5.69 Å². The van der Waals surface area contributed by atoms with E-state index in [0.29, 0.717) is 5.11 Å².